The summed E-state index contributed by atoms with van der Waals surface area (Å²) in [6, 6.07) is 10.2. The molecule has 0 bridgehead atoms. The largest absolute Gasteiger partial charge is 0.394 e. The highest BCUT2D eigenvalue weighted by molar-refractivity contribution is 5.48. The van der Waals surface area contributed by atoms with Crippen molar-refractivity contribution in [3.05, 3.63) is 42.0 Å². The molecule has 3 heteroatoms. The minimum absolute atomic E-state index is 0.104. The van der Waals surface area contributed by atoms with Crippen LogP contribution in [0.2, 0.25) is 0 Å². The summed E-state index contributed by atoms with van der Waals surface area (Å²) in [6.45, 7) is 3.05. The Kier molecular flexibility index (Phi) is 8.20. The lowest BCUT2D eigenvalue weighted by molar-refractivity contribution is 0.0909. The summed E-state index contributed by atoms with van der Waals surface area (Å²) in [5.74, 6) is 0. The number of aliphatic hydroxyl groups excluding tert-OH is 1. The molecule has 0 saturated heterocycles. The van der Waals surface area contributed by atoms with Crippen LogP contribution < -0.4 is 5.32 Å². The SMILES string of the molecule is OCCOCCCNC/C=C/c1ccccc1. The Morgan fingerprint density at radius 2 is 2.00 bits per heavy atom. The van der Waals surface area contributed by atoms with Crippen molar-refractivity contribution in [2.24, 2.45) is 0 Å². The van der Waals surface area contributed by atoms with Crippen LogP contribution in [0.25, 0.3) is 6.08 Å². The lowest BCUT2D eigenvalue weighted by atomic mass is 10.2. The fourth-order valence-corrected chi connectivity index (χ4v) is 1.41. The molecule has 0 aliphatic rings. The zero-order chi connectivity index (χ0) is 12.2. The Labute approximate surface area is 103 Å². The summed E-state index contributed by atoms with van der Waals surface area (Å²) >= 11 is 0. The van der Waals surface area contributed by atoms with E-state index in [1.165, 1.54) is 5.56 Å². The van der Waals surface area contributed by atoms with Gasteiger partial charge in [0.1, 0.15) is 0 Å². The van der Waals surface area contributed by atoms with Gasteiger partial charge in [-0.15, -0.1) is 0 Å². The third-order valence-electron chi connectivity index (χ3n) is 2.25. The van der Waals surface area contributed by atoms with Gasteiger partial charge in [-0.2, -0.15) is 0 Å². The van der Waals surface area contributed by atoms with Crippen LogP contribution in [0, 0.1) is 0 Å². The van der Waals surface area contributed by atoms with E-state index < -0.39 is 0 Å². The predicted octanol–water partition coefficient (Wildman–Crippen LogP) is 1.69. The third-order valence-corrected chi connectivity index (χ3v) is 2.25. The van der Waals surface area contributed by atoms with Gasteiger partial charge < -0.3 is 15.2 Å². The van der Waals surface area contributed by atoms with Crippen LogP contribution in [-0.4, -0.2) is 38.0 Å². The molecule has 0 amide bonds. The van der Waals surface area contributed by atoms with Crippen LogP contribution in [0.4, 0.5) is 0 Å². The fraction of sp³-hybridized carbons (Fsp3) is 0.429. The Bertz CT molecular complexity index is 298. The van der Waals surface area contributed by atoms with E-state index in [2.05, 4.69) is 29.6 Å². The van der Waals surface area contributed by atoms with Crippen molar-refractivity contribution < 1.29 is 9.84 Å². The summed E-state index contributed by atoms with van der Waals surface area (Å²) in [6.07, 6.45) is 5.19. The molecule has 0 unspecified atom stereocenters. The van der Waals surface area contributed by atoms with Crippen LogP contribution in [0.3, 0.4) is 0 Å². The number of benzene rings is 1. The van der Waals surface area contributed by atoms with Crippen LogP contribution in [0.1, 0.15) is 12.0 Å². The molecule has 0 radical (unpaired) electrons. The molecular formula is C14H21NO2. The highest BCUT2D eigenvalue weighted by atomic mass is 16.5. The lowest BCUT2D eigenvalue weighted by Gasteiger charge is -2.02. The molecule has 0 aliphatic heterocycles. The maximum absolute atomic E-state index is 8.50. The first-order chi connectivity index (χ1) is 8.43. The van der Waals surface area contributed by atoms with Crippen LogP contribution in [0.5, 0.6) is 0 Å². The number of aliphatic hydroxyl groups is 1. The van der Waals surface area contributed by atoms with Gasteiger partial charge in [0.15, 0.2) is 0 Å². The van der Waals surface area contributed by atoms with Gasteiger partial charge in [-0.25, -0.2) is 0 Å². The average Bonchev–Trinajstić information content (AvgIpc) is 2.38. The maximum atomic E-state index is 8.50. The zero-order valence-corrected chi connectivity index (χ0v) is 10.1. The Hall–Kier alpha value is -1.16. The Balaban J connectivity index is 1.95. The van der Waals surface area contributed by atoms with E-state index in [1.807, 2.05) is 18.2 Å². The summed E-state index contributed by atoms with van der Waals surface area (Å²) in [7, 11) is 0. The lowest BCUT2D eigenvalue weighted by Crippen LogP contribution is -2.17. The smallest absolute Gasteiger partial charge is 0.0697 e. The quantitative estimate of drug-likeness (QED) is 0.640. The molecule has 17 heavy (non-hydrogen) atoms. The van der Waals surface area contributed by atoms with E-state index in [1.54, 1.807) is 0 Å². The summed E-state index contributed by atoms with van der Waals surface area (Å²) in [5.41, 5.74) is 1.22. The number of hydrogen-bond donors (Lipinski definition) is 2. The second-order valence-corrected chi connectivity index (χ2v) is 3.71. The van der Waals surface area contributed by atoms with E-state index in [0.29, 0.717) is 13.2 Å². The molecule has 94 valence electrons. The highest BCUT2D eigenvalue weighted by Gasteiger charge is 1.88. The second-order valence-electron chi connectivity index (χ2n) is 3.71. The van der Waals surface area contributed by atoms with Gasteiger partial charge in [-0.05, 0) is 18.5 Å². The molecule has 1 rings (SSSR count). The van der Waals surface area contributed by atoms with Crippen molar-refractivity contribution in [3.8, 4) is 0 Å². The van der Waals surface area contributed by atoms with Crippen molar-refractivity contribution in [3.63, 3.8) is 0 Å². The van der Waals surface area contributed by atoms with Gasteiger partial charge >= 0.3 is 0 Å². The number of hydrogen-bond acceptors (Lipinski definition) is 3. The van der Waals surface area contributed by atoms with Crippen molar-refractivity contribution in [2.45, 2.75) is 6.42 Å². The minimum atomic E-state index is 0.104. The minimum Gasteiger partial charge on any atom is -0.394 e. The van der Waals surface area contributed by atoms with Gasteiger partial charge in [0.25, 0.3) is 0 Å². The molecule has 0 heterocycles. The van der Waals surface area contributed by atoms with E-state index >= 15 is 0 Å². The standard InChI is InChI=1S/C14H21NO2/c16-11-13-17-12-5-10-15-9-4-8-14-6-2-1-3-7-14/h1-4,6-8,15-16H,5,9-13H2/b8-4+. The number of rotatable bonds is 9. The first kappa shape index (κ1) is 13.9. The Morgan fingerprint density at radius 3 is 2.76 bits per heavy atom. The topological polar surface area (TPSA) is 41.5 Å². The number of nitrogens with one attached hydrogen (secondary N) is 1. The molecule has 0 fully saturated rings. The van der Waals surface area contributed by atoms with Crippen molar-refractivity contribution in [2.75, 3.05) is 32.9 Å². The van der Waals surface area contributed by atoms with E-state index in [0.717, 1.165) is 19.5 Å². The van der Waals surface area contributed by atoms with Crippen molar-refractivity contribution in [1.82, 2.24) is 5.32 Å². The molecule has 1 aromatic rings. The van der Waals surface area contributed by atoms with E-state index in [4.69, 9.17) is 9.84 Å². The Morgan fingerprint density at radius 1 is 1.18 bits per heavy atom. The second kappa shape index (κ2) is 10.0. The zero-order valence-electron chi connectivity index (χ0n) is 10.1. The van der Waals surface area contributed by atoms with Crippen LogP contribution in [0.15, 0.2) is 36.4 Å². The summed E-state index contributed by atoms with van der Waals surface area (Å²) in [4.78, 5) is 0. The normalized spacial score (nSPS) is 11.1. The third kappa shape index (κ3) is 7.69. The first-order valence-corrected chi connectivity index (χ1v) is 6.04. The van der Waals surface area contributed by atoms with Crippen molar-refractivity contribution in [1.29, 1.82) is 0 Å². The van der Waals surface area contributed by atoms with Gasteiger partial charge in [0.05, 0.1) is 13.2 Å². The van der Waals surface area contributed by atoms with Gasteiger partial charge in [0.2, 0.25) is 0 Å². The maximum Gasteiger partial charge on any atom is 0.0697 e. The molecule has 0 aliphatic carbocycles. The molecular weight excluding hydrogens is 214 g/mol. The van der Waals surface area contributed by atoms with Crippen LogP contribution in [-0.2, 0) is 4.74 Å². The molecule has 3 nitrogen and oxygen atoms in total. The highest BCUT2D eigenvalue weighted by Crippen LogP contribution is 1.99. The van der Waals surface area contributed by atoms with Gasteiger partial charge in [-0.3, -0.25) is 0 Å². The first-order valence-electron chi connectivity index (χ1n) is 6.04. The molecule has 0 spiro atoms. The van der Waals surface area contributed by atoms with Crippen molar-refractivity contribution >= 4 is 6.08 Å². The summed E-state index contributed by atoms with van der Waals surface area (Å²) in [5, 5.41) is 11.8. The molecule has 0 atom stereocenters. The molecule has 0 aromatic heterocycles. The average molecular weight is 235 g/mol. The summed E-state index contributed by atoms with van der Waals surface area (Å²) < 4.78 is 5.15. The molecule has 0 saturated carbocycles. The molecule has 1 aromatic carbocycles. The fourth-order valence-electron chi connectivity index (χ4n) is 1.41. The van der Waals surface area contributed by atoms with Gasteiger partial charge in [0, 0.05) is 13.2 Å². The number of ether oxygens (including phenoxy) is 1. The van der Waals surface area contributed by atoms with E-state index in [-0.39, 0.29) is 6.61 Å². The predicted molar refractivity (Wildman–Crippen MR) is 70.9 cm³/mol. The van der Waals surface area contributed by atoms with Crippen LogP contribution >= 0.6 is 0 Å². The molecule has 2 N–H and O–H groups in total. The van der Waals surface area contributed by atoms with E-state index in [9.17, 15) is 0 Å². The van der Waals surface area contributed by atoms with Gasteiger partial charge in [-0.1, -0.05) is 42.5 Å². The monoisotopic (exact) mass is 235 g/mol.